The maximum Gasteiger partial charge on any atom is 0.193 e. The predicted molar refractivity (Wildman–Crippen MR) is 121 cm³/mol. The molecule has 1 aliphatic heterocycles. The van der Waals surface area contributed by atoms with Crippen LogP contribution in [0, 0.1) is 6.92 Å². The fraction of sp³-hybridized carbons (Fsp3) is 0.500. The van der Waals surface area contributed by atoms with Gasteiger partial charge < -0.3 is 10.2 Å². The summed E-state index contributed by atoms with van der Waals surface area (Å²) in [5.41, 5.74) is 1.00. The summed E-state index contributed by atoms with van der Waals surface area (Å²) in [5.74, 6) is 2.50. The van der Waals surface area contributed by atoms with Gasteiger partial charge in [-0.15, -0.1) is 24.0 Å². The van der Waals surface area contributed by atoms with Gasteiger partial charge in [0.1, 0.15) is 11.6 Å². The van der Waals surface area contributed by atoms with Crippen LogP contribution in [0.4, 0.5) is 0 Å². The van der Waals surface area contributed by atoms with Crippen LogP contribution in [0.15, 0.2) is 35.7 Å². The maximum atomic E-state index is 12.2. The SMILES string of the molecule is CN=C(NCc1cccnc1-n1ccnc1C)N1CCS(=O)(=O)C(C)(C)C1.I. The highest BCUT2D eigenvalue weighted by Gasteiger charge is 2.40. The molecule has 1 saturated heterocycles. The van der Waals surface area contributed by atoms with Crippen molar-refractivity contribution in [3.05, 3.63) is 42.1 Å². The molecule has 0 aromatic carbocycles. The fourth-order valence-corrected chi connectivity index (χ4v) is 4.58. The summed E-state index contributed by atoms with van der Waals surface area (Å²) in [6.45, 7) is 6.84. The molecule has 2 aromatic heterocycles. The van der Waals surface area contributed by atoms with Gasteiger partial charge in [0.15, 0.2) is 15.8 Å². The number of sulfone groups is 1. The van der Waals surface area contributed by atoms with Gasteiger partial charge in [0.2, 0.25) is 0 Å². The zero-order valence-electron chi connectivity index (χ0n) is 16.6. The van der Waals surface area contributed by atoms with E-state index in [2.05, 4.69) is 20.3 Å². The molecule has 0 unspecified atom stereocenters. The first kappa shape index (κ1) is 22.6. The lowest BCUT2D eigenvalue weighted by Gasteiger charge is -2.39. The van der Waals surface area contributed by atoms with Gasteiger partial charge in [-0.3, -0.25) is 9.56 Å². The standard InChI is InChI=1S/C18H26N6O2S.HI/c1-14-20-8-9-24(14)16-15(6-5-7-21-16)12-22-17(19-4)23-10-11-27(25,26)18(2,3)13-23;/h5-9H,10-13H2,1-4H3,(H,19,22);1H. The van der Waals surface area contributed by atoms with Gasteiger partial charge in [-0.05, 0) is 26.8 Å². The first-order valence-electron chi connectivity index (χ1n) is 8.87. The summed E-state index contributed by atoms with van der Waals surface area (Å²) in [4.78, 5) is 15.1. The number of pyridine rings is 1. The first-order chi connectivity index (χ1) is 12.7. The lowest BCUT2D eigenvalue weighted by molar-refractivity contribution is 0.353. The fourth-order valence-electron chi connectivity index (χ4n) is 3.22. The average molecular weight is 518 g/mol. The number of nitrogens with zero attached hydrogens (tertiary/aromatic N) is 5. The number of halogens is 1. The highest BCUT2D eigenvalue weighted by atomic mass is 127. The van der Waals surface area contributed by atoms with Crippen molar-refractivity contribution in [3.8, 4) is 5.82 Å². The van der Waals surface area contributed by atoms with Crippen LogP contribution in [-0.2, 0) is 16.4 Å². The summed E-state index contributed by atoms with van der Waals surface area (Å²) < 4.78 is 25.6. The molecule has 0 amide bonds. The van der Waals surface area contributed by atoms with E-state index in [1.807, 2.05) is 34.7 Å². The van der Waals surface area contributed by atoms with Gasteiger partial charge in [-0.1, -0.05) is 6.07 Å². The molecular formula is C18H27IN6O2S. The van der Waals surface area contributed by atoms with Crippen LogP contribution < -0.4 is 5.32 Å². The second-order valence-electron chi connectivity index (χ2n) is 7.23. The molecular weight excluding hydrogens is 491 g/mol. The van der Waals surface area contributed by atoms with Gasteiger partial charge in [0, 0.05) is 50.8 Å². The molecule has 1 fully saturated rings. The molecule has 0 saturated carbocycles. The average Bonchev–Trinajstić information content (AvgIpc) is 3.04. The Labute approximate surface area is 183 Å². The highest BCUT2D eigenvalue weighted by Crippen LogP contribution is 2.23. The molecule has 3 rings (SSSR count). The number of rotatable bonds is 3. The van der Waals surface area contributed by atoms with E-state index in [1.54, 1.807) is 33.3 Å². The van der Waals surface area contributed by atoms with E-state index in [1.165, 1.54) is 0 Å². The third kappa shape index (κ3) is 4.48. The van der Waals surface area contributed by atoms with Crippen molar-refractivity contribution in [3.63, 3.8) is 0 Å². The Bertz CT molecular complexity index is 954. The number of hydrogen-bond acceptors (Lipinski definition) is 5. The normalized spacial score (nSPS) is 18.4. The lowest BCUT2D eigenvalue weighted by atomic mass is 10.2. The van der Waals surface area contributed by atoms with Crippen molar-refractivity contribution in [2.75, 3.05) is 25.9 Å². The zero-order valence-corrected chi connectivity index (χ0v) is 19.7. The Morgan fingerprint density at radius 1 is 1.32 bits per heavy atom. The van der Waals surface area contributed by atoms with Gasteiger partial charge in [-0.25, -0.2) is 18.4 Å². The number of nitrogens with one attached hydrogen (secondary N) is 1. The Morgan fingerprint density at radius 3 is 2.68 bits per heavy atom. The first-order valence-corrected chi connectivity index (χ1v) is 10.5. The van der Waals surface area contributed by atoms with Gasteiger partial charge >= 0.3 is 0 Å². The smallest absolute Gasteiger partial charge is 0.193 e. The molecule has 28 heavy (non-hydrogen) atoms. The van der Waals surface area contributed by atoms with E-state index in [4.69, 9.17) is 0 Å². The minimum absolute atomic E-state index is 0. The maximum absolute atomic E-state index is 12.2. The number of hydrogen-bond donors (Lipinski definition) is 1. The van der Waals surface area contributed by atoms with Crippen molar-refractivity contribution in [2.24, 2.45) is 4.99 Å². The molecule has 0 radical (unpaired) electrons. The Balaban J connectivity index is 0.00000280. The van der Waals surface area contributed by atoms with E-state index in [0.717, 1.165) is 17.2 Å². The molecule has 154 valence electrons. The molecule has 10 heteroatoms. The van der Waals surface area contributed by atoms with E-state index >= 15 is 0 Å². The van der Waals surface area contributed by atoms with Gasteiger partial charge in [-0.2, -0.15) is 0 Å². The lowest BCUT2D eigenvalue weighted by Crippen LogP contribution is -2.57. The summed E-state index contributed by atoms with van der Waals surface area (Å²) >= 11 is 0. The van der Waals surface area contributed by atoms with Crippen LogP contribution in [0.3, 0.4) is 0 Å². The molecule has 0 aliphatic carbocycles. The molecule has 2 aromatic rings. The van der Waals surface area contributed by atoms with E-state index < -0.39 is 14.6 Å². The monoisotopic (exact) mass is 518 g/mol. The highest BCUT2D eigenvalue weighted by molar-refractivity contribution is 14.0. The van der Waals surface area contributed by atoms with Crippen molar-refractivity contribution in [2.45, 2.75) is 32.1 Å². The second kappa shape index (κ2) is 8.76. The number of imidazole rings is 1. The van der Waals surface area contributed by atoms with Crippen molar-refractivity contribution >= 4 is 39.8 Å². The number of guanidine groups is 1. The van der Waals surface area contributed by atoms with Crippen LogP contribution in [-0.4, -0.2) is 64.4 Å². The number of aryl methyl sites for hydroxylation is 1. The van der Waals surface area contributed by atoms with Crippen LogP contribution in [0.5, 0.6) is 0 Å². The Kier molecular flexibility index (Phi) is 7.07. The third-order valence-electron chi connectivity index (χ3n) is 4.91. The third-order valence-corrected chi connectivity index (χ3v) is 7.45. The van der Waals surface area contributed by atoms with Crippen molar-refractivity contribution in [1.82, 2.24) is 24.8 Å². The molecule has 0 bridgehead atoms. The van der Waals surface area contributed by atoms with Crippen LogP contribution in [0.1, 0.15) is 25.2 Å². The Hall–Kier alpha value is -1.69. The van der Waals surface area contributed by atoms with E-state index in [0.29, 0.717) is 25.6 Å². The summed E-state index contributed by atoms with van der Waals surface area (Å²) in [5, 5.41) is 3.35. The Morgan fingerprint density at radius 2 is 2.07 bits per heavy atom. The number of aliphatic imine (C=N–C) groups is 1. The minimum atomic E-state index is -3.09. The number of aromatic nitrogens is 3. The van der Waals surface area contributed by atoms with Gasteiger partial charge in [0.05, 0.1) is 10.5 Å². The molecule has 0 spiro atoms. The second-order valence-corrected chi connectivity index (χ2v) is 9.97. The van der Waals surface area contributed by atoms with Crippen LogP contribution in [0.2, 0.25) is 0 Å². The molecule has 1 N–H and O–H groups in total. The summed E-state index contributed by atoms with van der Waals surface area (Å²) in [6.07, 6.45) is 5.38. The quantitative estimate of drug-likeness (QED) is 0.379. The van der Waals surface area contributed by atoms with Crippen LogP contribution in [0.25, 0.3) is 5.82 Å². The summed E-state index contributed by atoms with van der Waals surface area (Å²) in [7, 11) is -1.38. The van der Waals surface area contributed by atoms with Crippen LogP contribution >= 0.6 is 24.0 Å². The molecule has 0 atom stereocenters. The molecule has 1 aliphatic rings. The topological polar surface area (TPSA) is 92.5 Å². The summed E-state index contributed by atoms with van der Waals surface area (Å²) in [6, 6.07) is 3.90. The van der Waals surface area contributed by atoms with Crippen molar-refractivity contribution < 1.29 is 8.42 Å². The van der Waals surface area contributed by atoms with E-state index in [9.17, 15) is 8.42 Å². The zero-order chi connectivity index (χ0) is 19.7. The largest absolute Gasteiger partial charge is 0.352 e. The molecule has 8 nitrogen and oxygen atoms in total. The minimum Gasteiger partial charge on any atom is -0.352 e. The van der Waals surface area contributed by atoms with Crippen molar-refractivity contribution in [1.29, 1.82) is 0 Å². The molecule has 3 heterocycles. The van der Waals surface area contributed by atoms with E-state index in [-0.39, 0.29) is 29.7 Å². The van der Waals surface area contributed by atoms with Gasteiger partial charge in [0.25, 0.3) is 0 Å². The predicted octanol–water partition coefficient (Wildman–Crippen LogP) is 1.78.